The van der Waals surface area contributed by atoms with Crippen molar-refractivity contribution in [2.75, 3.05) is 17.2 Å². The van der Waals surface area contributed by atoms with E-state index in [-0.39, 0.29) is 5.91 Å². The highest BCUT2D eigenvalue weighted by Gasteiger charge is 2.25. The van der Waals surface area contributed by atoms with Crippen LogP contribution in [0.3, 0.4) is 0 Å². The minimum atomic E-state index is -0.946. The largest absolute Gasteiger partial charge is 0.465 e. The van der Waals surface area contributed by atoms with E-state index in [9.17, 15) is 14.7 Å². The lowest BCUT2D eigenvalue weighted by Gasteiger charge is -2.33. The van der Waals surface area contributed by atoms with Crippen molar-refractivity contribution in [1.82, 2.24) is 14.9 Å². The first-order chi connectivity index (χ1) is 21.7. The van der Waals surface area contributed by atoms with Crippen LogP contribution in [0.4, 0.5) is 22.0 Å². The molecule has 0 aliphatic carbocycles. The van der Waals surface area contributed by atoms with Crippen molar-refractivity contribution in [3.05, 3.63) is 115 Å². The monoisotopic (exact) mass is 599 g/mol. The molecule has 0 unspecified atom stereocenters. The van der Waals surface area contributed by atoms with Crippen LogP contribution in [0.1, 0.15) is 36.7 Å². The first-order valence-corrected chi connectivity index (χ1v) is 14.7. The molecule has 45 heavy (non-hydrogen) atoms. The summed E-state index contributed by atoms with van der Waals surface area (Å²) in [7, 11) is 0. The summed E-state index contributed by atoms with van der Waals surface area (Å²) in [5.74, 6) is 0.392. The number of para-hydroxylation sites is 2. The molecule has 0 aliphatic rings. The van der Waals surface area contributed by atoms with Crippen molar-refractivity contribution < 1.29 is 19.1 Å². The summed E-state index contributed by atoms with van der Waals surface area (Å²) in [5.41, 5.74) is 5.67. The molecule has 226 valence electrons. The molecular weight excluding hydrogens is 566 g/mol. The quantitative estimate of drug-likeness (QED) is 0.161. The summed E-state index contributed by atoms with van der Waals surface area (Å²) in [5, 5.41) is 17.8. The fraction of sp³-hybridized carbons (Fsp3) is 0.167. The van der Waals surface area contributed by atoms with Crippen LogP contribution in [0.2, 0.25) is 0 Å². The second kappa shape index (κ2) is 12.1. The van der Waals surface area contributed by atoms with Crippen molar-refractivity contribution in [3.8, 4) is 11.3 Å². The Bertz CT molecular complexity index is 1990. The van der Waals surface area contributed by atoms with Gasteiger partial charge in [0.1, 0.15) is 23.3 Å². The van der Waals surface area contributed by atoms with Crippen LogP contribution in [0, 0.1) is 0 Å². The number of aromatic nitrogens is 2. The van der Waals surface area contributed by atoms with Gasteiger partial charge in [-0.1, -0.05) is 42.5 Å². The van der Waals surface area contributed by atoms with Gasteiger partial charge in [0.05, 0.1) is 5.69 Å². The van der Waals surface area contributed by atoms with Crippen molar-refractivity contribution in [1.29, 1.82) is 0 Å². The Balaban J connectivity index is 1.09. The number of amides is 2. The average molecular weight is 600 g/mol. The standard InChI is InChI=1S/C36H33N5O4/c1-36(2,3)41(35(43)44)20-19-23-11-13-24(14-12-23)34(42)40-26-17-15-25(16-18-26)39-32-21-30(37-22-38-32)29-9-6-8-28-27-7-4-5-10-31(27)45-33(28)29/h4-18,21-22H,19-20H2,1-3H3,(H,40,42)(H,43,44)(H,37,38,39). The van der Waals surface area contributed by atoms with Crippen molar-refractivity contribution in [3.63, 3.8) is 0 Å². The molecule has 6 aromatic rings. The number of furan rings is 1. The number of nitrogens with one attached hydrogen (secondary N) is 2. The van der Waals surface area contributed by atoms with E-state index in [2.05, 4.69) is 20.6 Å². The fourth-order valence-corrected chi connectivity index (χ4v) is 5.29. The number of hydrogen-bond acceptors (Lipinski definition) is 6. The zero-order chi connectivity index (χ0) is 31.6. The van der Waals surface area contributed by atoms with Gasteiger partial charge in [0, 0.05) is 51.4 Å². The molecule has 9 heteroatoms. The summed E-state index contributed by atoms with van der Waals surface area (Å²) in [6.07, 6.45) is 1.13. The number of benzene rings is 4. The van der Waals surface area contributed by atoms with Gasteiger partial charge >= 0.3 is 6.09 Å². The van der Waals surface area contributed by atoms with Crippen molar-refractivity contribution >= 4 is 51.1 Å². The fourth-order valence-electron chi connectivity index (χ4n) is 5.29. The Morgan fingerprint density at radius 2 is 1.56 bits per heavy atom. The molecule has 9 nitrogen and oxygen atoms in total. The summed E-state index contributed by atoms with van der Waals surface area (Å²) < 4.78 is 6.18. The van der Waals surface area contributed by atoms with Crippen LogP contribution in [-0.4, -0.2) is 44.1 Å². The van der Waals surface area contributed by atoms with Crippen LogP contribution in [0.15, 0.2) is 108 Å². The first kappa shape index (κ1) is 29.4. The number of anilines is 3. The van der Waals surface area contributed by atoms with Gasteiger partial charge in [-0.05, 0) is 81.3 Å². The molecule has 0 radical (unpaired) electrons. The minimum absolute atomic E-state index is 0.232. The summed E-state index contributed by atoms with van der Waals surface area (Å²) in [6, 6.07) is 30.5. The third kappa shape index (κ3) is 6.47. The zero-order valence-electron chi connectivity index (χ0n) is 25.2. The number of carboxylic acid groups (broad SMARTS) is 1. The van der Waals surface area contributed by atoms with Gasteiger partial charge in [-0.3, -0.25) is 4.79 Å². The number of carbonyl (C=O) groups excluding carboxylic acids is 1. The summed E-state index contributed by atoms with van der Waals surface area (Å²) in [4.78, 5) is 34.8. The van der Waals surface area contributed by atoms with Crippen LogP contribution in [0.25, 0.3) is 33.2 Å². The third-order valence-electron chi connectivity index (χ3n) is 7.64. The highest BCUT2D eigenvalue weighted by Crippen LogP contribution is 2.35. The maximum atomic E-state index is 12.9. The molecular formula is C36H33N5O4. The van der Waals surface area contributed by atoms with E-state index >= 15 is 0 Å². The molecule has 2 heterocycles. The zero-order valence-corrected chi connectivity index (χ0v) is 25.2. The Kier molecular flexibility index (Phi) is 7.91. The maximum Gasteiger partial charge on any atom is 0.407 e. The van der Waals surface area contributed by atoms with E-state index in [0.29, 0.717) is 30.0 Å². The Labute approximate surface area is 260 Å². The molecule has 6 rings (SSSR count). The summed E-state index contributed by atoms with van der Waals surface area (Å²) in [6.45, 7) is 5.98. The molecule has 4 aromatic carbocycles. The van der Waals surface area contributed by atoms with Crippen LogP contribution in [0.5, 0.6) is 0 Å². The molecule has 0 fully saturated rings. The van der Waals surface area contributed by atoms with E-state index in [1.165, 1.54) is 11.2 Å². The third-order valence-corrected chi connectivity index (χ3v) is 7.64. The van der Waals surface area contributed by atoms with Crippen molar-refractivity contribution in [2.45, 2.75) is 32.7 Å². The lowest BCUT2D eigenvalue weighted by Crippen LogP contribution is -2.45. The smallest absolute Gasteiger partial charge is 0.407 e. The van der Waals surface area contributed by atoms with Gasteiger partial charge in [0.2, 0.25) is 0 Å². The molecule has 0 aliphatic heterocycles. The molecule has 2 amide bonds. The van der Waals surface area contributed by atoms with Gasteiger partial charge in [0.15, 0.2) is 0 Å². The van der Waals surface area contributed by atoms with Gasteiger partial charge in [-0.25, -0.2) is 14.8 Å². The highest BCUT2D eigenvalue weighted by molar-refractivity contribution is 6.09. The van der Waals surface area contributed by atoms with Gasteiger partial charge in [-0.2, -0.15) is 0 Å². The van der Waals surface area contributed by atoms with Crippen LogP contribution < -0.4 is 10.6 Å². The van der Waals surface area contributed by atoms with E-state index in [1.54, 1.807) is 12.1 Å². The second-order valence-electron chi connectivity index (χ2n) is 11.8. The van der Waals surface area contributed by atoms with E-state index < -0.39 is 11.6 Å². The van der Waals surface area contributed by atoms with Crippen LogP contribution >= 0.6 is 0 Å². The lowest BCUT2D eigenvalue weighted by molar-refractivity contribution is 0.101. The number of rotatable bonds is 8. The summed E-state index contributed by atoms with van der Waals surface area (Å²) >= 11 is 0. The maximum absolute atomic E-state index is 12.9. The highest BCUT2D eigenvalue weighted by atomic mass is 16.4. The Morgan fingerprint density at radius 1 is 0.844 bits per heavy atom. The molecule has 0 saturated carbocycles. The molecule has 0 bridgehead atoms. The number of nitrogens with zero attached hydrogens (tertiary/aromatic N) is 3. The predicted molar refractivity (Wildman–Crippen MR) is 177 cm³/mol. The van der Waals surface area contributed by atoms with Gasteiger partial charge in [-0.15, -0.1) is 0 Å². The van der Waals surface area contributed by atoms with E-state index in [1.807, 2.05) is 106 Å². The topological polar surface area (TPSA) is 121 Å². The second-order valence-corrected chi connectivity index (χ2v) is 11.8. The SMILES string of the molecule is CC(C)(C)N(CCc1ccc(C(=O)Nc2ccc(Nc3cc(-c4cccc5c4oc4ccccc45)ncn3)cc2)cc1)C(=O)O. The van der Waals surface area contributed by atoms with Gasteiger partial charge in [0.25, 0.3) is 5.91 Å². The molecule has 0 atom stereocenters. The number of carbonyl (C=O) groups is 2. The molecule has 0 saturated heterocycles. The van der Waals surface area contributed by atoms with Crippen molar-refractivity contribution in [2.24, 2.45) is 0 Å². The molecule has 2 aromatic heterocycles. The van der Waals surface area contributed by atoms with E-state index in [0.717, 1.165) is 44.4 Å². The Morgan fingerprint density at radius 3 is 2.29 bits per heavy atom. The molecule has 0 spiro atoms. The number of fused-ring (bicyclic) bond motifs is 3. The number of hydrogen-bond donors (Lipinski definition) is 3. The minimum Gasteiger partial charge on any atom is -0.465 e. The normalized spacial score (nSPS) is 11.4. The molecule has 3 N–H and O–H groups in total. The lowest BCUT2D eigenvalue weighted by atomic mass is 10.0. The first-order valence-electron chi connectivity index (χ1n) is 14.7. The Hall–Kier alpha value is -5.70. The van der Waals surface area contributed by atoms with Gasteiger partial charge < -0.3 is 25.1 Å². The van der Waals surface area contributed by atoms with E-state index in [4.69, 9.17) is 4.42 Å². The van der Waals surface area contributed by atoms with Crippen LogP contribution in [-0.2, 0) is 6.42 Å². The predicted octanol–water partition coefficient (Wildman–Crippen LogP) is 8.36. The average Bonchev–Trinajstić information content (AvgIpc) is 3.41.